The van der Waals surface area contributed by atoms with Gasteiger partial charge in [-0.3, -0.25) is 14.5 Å². The molecule has 6 nitrogen and oxygen atoms in total. The molecule has 1 unspecified atom stereocenters. The maximum atomic E-state index is 12.9. The molecule has 7 heteroatoms. The van der Waals surface area contributed by atoms with Crippen molar-refractivity contribution in [2.75, 3.05) is 13.1 Å². The molecule has 1 saturated heterocycles. The average molecular weight is 492 g/mol. The van der Waals surface area contributed by atoms with Crippen molar-refractivity contribution in [3.8, 4) is 0 Å². The molecular weight excluding hydrogens is 462 g/mol. The highest BCUT2D eigenvalue weighted by Crippen LogP contribution is 2.34. The third-order valence-corrected chi connectivity index (χ3v) is 7.60. The summed E-state index contributed by atoms with van der Waals surface area (Å²) < 4.78 is 0. The number of benzene rings is 2. The lowest BCUT2D eigenvalue weighted by atomic mass is 9.84. The Balaban J connectivity index is 1.20. The Bertz CT molecular complexity index is 1260. The summed E-state index contributed by atoms with van der Waals surface area (Å²) in [6.45, 7) is 1.96. The average Bonchev–Trinajstić information content (AvgIpc) is 2.86. The molecule has 3 aromatic rings. The molecule has 1 aliphatic carbocycles. The highest BCUT2D eigenvalue weighted by atomic mass is 35.5. The number of halogens is 1. The maximum absolute atomic E-state index is 12.9. The summed E-state index contributed by atoms with van der Waals surface area (Å²) in [5.74, 6) is -0.342. The number of aliphatic hydroxyl groups is 1. The molecule has 2 heterocycles. The van der Waals surface area contributed by atoms with Crippen LogP contribution in [-0.2, 0) is 18.6 Å². The number of fused-ring (bicyclic) bond motifs is 1. The fraction of sp³-hybridized carbons (Fsp3) is 0.357. The number of hydrogen-bond donors (Lipinski definition) is 3. The molecule has 1 atom stereocenters. The summed E-state index contributed by atoms with van der Waals surface area (Å²) in [5, 5.41) is 14.8. The van der Waals surface area contributed by atoms with Gasteiger partial charge >= 0.3 is 0 Å². The fourth-order valence-electron chi connectivity index (χ4n) is 5.30. The molecule has 2 aromatic carbocycles. The first-order chi connectivity index (χ1) is 16.9. The summed E-state index contributed by atoms with van der Waals surface area (Å²) in [6, 6.07) is 18.9. The van der Waals surface area contributed by atoms with Gasteiger partial charge < -0.3 is 15.4 Å². The number of piperidine rings is 1. The van der Waals surface area contributed by atoms with Gasteiger partial charge in [-0.25, -0.2) is 0 Å². The summed E-state index contributed by atoms with van der Waals surface area (Å²) in [4.78, 5) is 30.7. The van der Waals surface area contributed by atoms with Crippen LogP contribution in [0.25, 0.3) is 0 Å². The van der Waals surface area contributed by atoms with Crippen molar-refractivity contribution in [2.45, 2.75) is 50.3 Å². The van der Waals surface area contributed by atoms with Crippen LogP contribution in [-0.4, -0.2) is 34.0 Å². The number of rotatable bonds is 5. The second-order valence-electron chi connectivity index (χ2n) is 9.66. The van der Waals surface area contributed by atoms with E-state index < -0.39 is 5.60 Å². The Kier molecular flexibility index (Phi) is 6.78. The number of likely N-dealkylation sites (tertiary alicyclic amines) is 1. The van der Waals surface area contributed by atoms with E-state index in [1.807, 2.05) is 30.3 Å². The molecule has 35 heavy (non-hydrogen) atoms. The zero-order chi connectivity index (χ0) is 24.4. The predicted octanol–water partition coefficient (Wildman–Crippen LogP) is 4.32. The van der Waals surface area contributed by atoms with Gasteiger partial charge in [-0.1, -0.05) is 48.0 Å². The number of carbonyl (C=O) groups is 1. The number of pyridine rings is 1. The number of aromatic nitrogens is 1. The molecule has 2 aliphatic rings. The van der Waals surface area contributed by atoms with Crippen LogP contribution in [0.5, 0.6) is 0 Å². The zero-order valence-electron chi connectivity index (χ0n) is 19.6. The first-order valence-electron chi connectivity index (χ1n) is 12.2. The predicted molar refractivity (Wildman–Crippen MR) is 137 cm³/mol. The largest absolute Gasteiger partial charge is 0.385 e. The maximum Gasteiger partial charge on any atom is 0.261 e. The number of H-pyrrole nitrogens is 1. The van der Waals surface area contributed by atoms with Gasteiger partial charge in [-0.15, -0.1) is 0 Å². The number of nitrogens with one attached hydrogen (secondary N) is 2. The Morgan fingerprint density at radius 3 is 2.57 bits per heavy atom. The minimum atomic E-state index is -0.867. The van der Waals surface area contributed by atoms with Crippen LogP contribution in [0.15, 0.2) is 65.5 Å². The Morgan fingerprint density at radius 1 is 1.09 bits per heavy atom. The SMILES string of the molecule is O=C(NC1CCCc2ccccc21)c1ccc(CN2CCC(O)(c3ccc(Cl)cc3)CC2)[nH]c1=O. The van der Waals surface area contributed by atoms with Gasteiger partial charge in [0.15, 0.2) is 0 Å². The van der Waals surface area contributed by atoms with E-state index in [4.69, 9.17) is 11.6 Å². The van der Waals surface area contributed by atoms with E-state index in [-0.39, 0.29) is 23.1 Å². The van der Waals surface area contributed by atoms with E-state index >= 15 is 0 Å². The quantitative estimate of drug-likeness (QED) is 0.496. The molecule has 182 valence electrons. The van der Waals surface area contributed by atoms with Crippen LogP contribution in [0, 0.1) is 0 Å². The number of amides is 1. The van der Waals surface area contributed by atoms with Crippen LogP contribution in [0.2, 0.25) is 5.02 Å². The molecule has 1 amide bonds. The van der Waals surface area contributed by atoms with Gasteiger partial charge in [0.05, 0.1) is 11.6 Å². The second kappa shape index (κ2) is 9.97. The van der Waals surface area contributed by atoms with Gasteiger partial charge in [0, 0.05) is 30.4 Å². The third kappa shape index (κ3) is 5.20. The summed E-state index contributed by atoms with van der Waals surface area (Å²) in [5.41, 5.74) is 2.93. The molecule has 1 aromatic heterocycles. The van der Waals surface area contributed by atoms with Crippen molar-refractivity contribution < 1.29 is 9.90 Å². The molecule has 0 bridgehead atoms. The van der Waals surface area contributed by atoms with E-state index in [2.05, 4.69) is 27.3 Å². The van der Waals surface area contributed by atoms with Gasteiger partial charge in [0.1, 0.15) is 5.56 Å². The van der Waals surface area contributed by atoms with Gasteiger partial charge in [0.25, 0.3) is 11.5 Å². The second-order valence-corrected chi connectivity index (χ2v) is 10.1. The van der Waals surface area contributed by atoms with E-state index in [9.17, 15) is 14.7 Å². The van der Waals surface area contributed by atoms with Crippen LogP contribution >= 0.6 is 11.6 Å². The fourth-order valence-corrected chi connectivity index (χ4v) is 5.42. The zero-order valence-corrected chi connectivity index (χ0v) is 20.4. The standard InChI is InChI=1S/C28H30ClN3O3/c29-21-10-8-20(9-11-21)28(35)14-16-32(17-15-28)18-22-12-13-24(26(33)30-22)27(34)31-25-7-3-5-19-4-1-2-6-23(19)25/h1-2,4,6,8-13,25,35H,3,5,7,14-18H2,(H,30,33)(H,31,34). The molecule has 3 N–H and O–H groups in total. The number of aromatic amines is 1. The molecular formula is C28H30ClN3O3. The van der Waals surface area contributed by atoms with Gasteiger partial charge in [0.2, 0.25) is 0 Å². The van der Waals surface area contributed by atoms with Crippen LogP contribution in [0.3, 0.4) is 0 Å². The van der Waals surface area contributed by atoms with E-state index in [0.717, 1.165) is 36.1 Å². The van der Waals surface area contributed by atoms with Gasteiger partial charge in [-0.2, -0.15) is 0 Å². The van der Waals surface area contributed by atoms with Crippen molar-refractivity contribution in [3.05, 3.63) is 104 Å². The highest BCUT2D eigenvalue weighted by molar-refractivity contribution is 6.30. The normalized spacial score (nSPS) is 19.7. The van der Waals surface area contributed by atoms with Crippen LogP contribution < -0.4 is 10.9 Å². The summed E-state index contributed by atoms with van der Waals surface area (Å²) in [7, 11) is 0. The number of hydrogen-bond acceptors (Lipinski definition) is 4. The van der Waals surface area contributed by atoms with Crippen molar-refractivity contribution in [3.63, 3.8) is 0 Å². The van der Waals surface area contributed by atoms with Crippen LogP contribution in [0.4, 0.5) is 0 Å². The Labute approximate surface area is 209 Å². The molecule has 1 fully saturated rings. The van der Waals surface area contributed by atoms with E-state index in [1.54, 1.807) is 18.2 Å². The lowest BCUT2D eigenvalue weighted by Crippen LogP contribution is -2.42. The molecule has 0 spiro atoms. The smallest absolute Gasteiger partial charge is 0.261 e. The monoisotopic (exact) mass is 491 g/mol. The third-order valence-electron chi connectivity index (χ3n) is 7.35. The molecule has 0 radical (unpaired) electrons. The first-order valence-corrected chi connectivity index (χ1v) is 12.6. The minimum Gasteiger partial charge on any atom is -0.385 e. The number of carbonyl (C=O) groups excluding carboxylic acids is 1. The van der Waals surface area contributed by atoms with Crippen molar-refractivity contribution in [2.24, 2.45) is 0 Å². The van der Waals surface area contributed by atoms with Crippen molar-refractivity contribution in [1.82, 2.24) is 15.2 Å². The molecule has 5 rings (SSSR count). The van der Waals surface area contributed by atoms with Crippen molar-refractivity contribution in [1.29, 1.82) is 0 Å². The summed E-state index contributed by atoms with van der Waals surface area (Å²) in [6.07, 6.45) is 4.10. The lowest BCUT2D eigenvalue weighted by Gasteiger charge is -2.38. The topological polar surface area (TPSA) is 85.4 Å². The van der Waals surface area contributed by atoms with E-state index in [1.165, 1.54) is 5.56 Å². The molecule has 1 aliphatic heterocycles. The van der Waals surface area contributed by atoms with E-state index in [0.29, 0.717) is 37.5 Å². The molecule has 0 saturated carbocycles. The van der Waals surface area contributed by atoms with Crippen molar-refractivity contribution >= 4 is 17.5 Å². The number of aryl methyl sites for hydroxylation is 1. The Hall–Kier alpha value is -2.93. The number of nitrogens with zero attached hydrogens (tertiary/aromatic N) is 1. The van der Waals surface area contributed by atoms with Gasteiger partial charge in [-0.05, 0) is 73.1 Å². The minimum absolute atomic E-state index is 0.0701. The first kappa shape index (κ1) is 23.8. The van der Waals surface area contributed by atoms with Crippen LogP contribution in [0.1, 0.15) is 64.5 Å². The highest BCUT2D eigenvalue weighted by Gasteiger charge is 2.34. The Morgan fingerprint density at radius 2 is 1.83 bits per heavy atom. The summed E-state index contributed by atoms with van der Waals surface area (Å²) >= 11 is 5.98. The lowest BCUT2D eigenvalue weighted by molar-refractivity contribution is -0.0279.